The van der Waals surface area contributed by atoms with Crippen LogP contribution in [0.2, 0.25) is 5.02 Å². The molecule has 4 heteroatoms. The fourth-order valence-electron chi connectivity index (χ4n) is 2.22. The standard InChI is InChI=1S/C17H20ClNO2/c1-4-21-16-7-5-6-13(17(16)20-3)11-19-15-9-8-14(18)10-12(15)2/h5-10,19H,4,11H2,1-3H3. The van der Waals surface area contributed by atoms with E-state index in [4.69, 9.17) is 21.1 Å². The first kappa shape index (κ1) is 15.5. The van der Waals surface area contributed by atoms with E-state index >= 15 is 0 Å². The highest BCUT2D eigenvalue weighted by atomic mass is 35.5. The van der Waals surface area contributed by atoms with Gasteiger partial charge in [0.25, 0.3) is 0 Å². The molecular weight excluding hydrogens is 286 g/mol. The molecule has 112 valence electrons. The summed E-state index contributed by atoms with van der Waals surface area (Å²) in [7, 11) is 1.66. The monoisotopic (exact) mass is 305 g/mol. The van der Waals surface area contributed by atoms with Crippen molar-refractivity contribution >= 4 is 17.3 Å². The molecule has 0 atom stereocenters. The fourth-order valence-corrected chi connectivity index (χ4v) is 2.44. The van der Waals surface area contributed by atoms with Gasteiger partial charge in [0.2, 0.25) is 0 Å². The van der Waals surface area contributed by atoms with Crippen molar-refractivity contribution in [2.75, 3.05) is 19.0 Å². The van der Waals surface area contributed by atoms with E-state index in [9.17, 15) is 0 Å². The number of halogens is 1. The van der Waals surface area contributed by atoms with Gasteiger partial charge in [-0.25, -0.2) is 0 Å². The SMILES string of the molecule is CCOc1cccc(CNc2ccc(Cl)cc2C)c1OC. The number of rotatable bonds is 6. The molecular formula is C17H20ClNO2. The summed E-state index contributed by atoms with van der Waals surface area (Å²) in [6, 6.07) is 11.7. The van der Waals surface area contributed by atoms with E-state index in [0.29, 0.717) is 13.2 Å². The van der Waals surface area contributed by atoms with E-state index < -0.39 is 0 Å². The molecule has 0 unspecified atom stereocenters. The number of ether oxygens (including phenoxy) is 2. The minimum atomic E-state index is 0.615. The van der Waals surface area contributed by atoms with Gasteiger partial charge in [-0.05, 0) is 43.7 Å². The first-order valence-electron chi connectivity index (χ1n) is 6.94. The second kappa shape index (κ2) is 7.23. The molecule has 0 fully saturated rings. The van der Waals surface area contributed by atoms with Gasteiger partial charge in [-0.1, -0.05) is 23.7 Å². The summed E-state index contributed by atoms with van der Waals surface area (Å²) in [5.41, 5.74) is 3.23. The molecule has 0 amide bonds. The van der Waals surface area contributed by atoms with Gasteiger partial charge >= 0.3 is 0 Å². The molecule has 2 aromatic carbocycles. The van der Waals surface area contributed by atoms with Gasteiger partial charge in [-0.15, -0.1) is 0 Å². The Morgan fingerprint density at radius 2 is 2.00 bits per heavy atom. The van der Waals surface area contributed by atoms with Crippen molar-refractivity contribution in [3.05, 3.63) is 52.5 Å². The molecule has 0 saturated heterocycles. The first-order chi connectivity index (χ1) is 10.2. The lowest BCUT2D eigenvalue weighted by Gasteiger charge is -2.15. The third kappa shape index (κ3) is 3.82. The molecule has 0 radical (unpaired) electrons. The summed E-state index contributed by atoms with van der Waals surface area (Å²) in [6.45, 7) is 5.26. The average Bonchev–Trinajstić information content (AvgIpc) is 2.47. The molecule has 2 rings (SSSR count). The van der Waals surface area contributed by atoms with Crippen LogP contribution in [0.25, 0.3) is 0 Å². The summed E-state index contributed by atoms with van der Waals surface area (Å²) in [6.07, 6.45) is 0. The second-order valence-electron chi connectivity index (χ2n) is 4.69. The Bertz CT molecular complexity index is 614. The number of hydrogen-bond donors (Lipinski definition) is 1. The third-order valence-electron chi connectivity index (χ3n) is 3.22. The Morgan fingerprint density at radius 3 is 2.67 bits per heavy atom. The van der Waals surface area contributed by atoms with E-state index in [1.807, 2.05) is 50.2 Å². The lowest BCUT2D eigenvalue weighted by atomic mass is 10.1. The lowest BCUT2D eigenvalue weighted by Crippen LogP contribution is -2.04. The van der Waals surface area contributed by atoms with Crippen LogP contribution >= 0.6 is 11.6 Å². The van der Waals surface area contributed by atoms with Crippen molar-refractivity contribution in [3.63, 3.8) is 0 Å². The van der Waals surface area contributed by atoms with Gasteiger partial charge in [0.05, 0.1) is 13.7 Å². The molecule has 0 bridgehead atoms. The number of aryl methyl sites for hydroxylation is 1. The molecule has 0 aliphatic heterocycles. The van der Waals surface area contributed by atoms with Crippen LogP contribution < -0.4 is 14.8 Å². The highest BCUT2D eigenvalue weighted by Crippen LogP contribution is 2.31. The van der Waals surface area contributed by atoms with Crippen LogP contribution in [-0.2, 0) is 6.54 Å². The van der Waals surface area contributed by atoms with Crippen LogP contribution in [-0.4, -0.2) is 13.7 Å². The molecule has 0 heterocycles. The Balaban J connectivity index is 2.17. The Labute approximate surface area is 130 Å². The van der Waals surface area contributed by atoms with Crippen LogP contribution in [0.4, 0.5) is 5.69 Å². The molecule has 0 aliphatic carbocycles. The number of methoxy groups -OCH3 is 1. The minimum Gasteiger partial charge on any atom is -0.493 e. The van der Waals surface area contributed by atoms with Crippen molar-refractivity contribution in [2.45, 2.75) is 20.4 Å². The molecule has 1 N–H and O–H groups in total. The van der Waals surface area contributed by atoms with E-state index in [1.54, 1.807) is 7.11 Å². The largest absolute Gasteiger partial charge is 0.493 e. The van der Waals surface area contributed by atoms with Crippen LogP contribution in [0.1, 0.15) is 18.1 Å². The van der Waals surface area contributed by atoms with Gasteiger partial charge in [0, 0.05) is 22.8 Å². The van der Waals surface area contributed by atoms with Gasteiger partial charge < -0.3 is 14.8 Å². The van der Waals surface area contributed by atoms with Gasteiger partial charge in [-0.2, -0.15) is 0 Å². The van der Waals surface area contributed by atoms with Crippen molar-refractivity contribution in [1.29, 1.82) is 0 Å². The lowest BCUT2D eigenvalue weighted by molar-refractivity contribution is 0.309. The van der Waals surface area contributed by atoms with Crippen molar-refractivity contribution in [1.82, 2.24) is 0 Å². The highest BCUT2D eigenvalue weighted by Gasteiger charge is 2.10. The summed E-state index contributed by atoms with van der Waals surface area (Å²) < 4.78 is 11.1. The van der Waals surface area contributed by atoms with Gasteiger partial charge in [0.15, 0.2) is 11.5 Å². The maximum atomic E-state index is 5.97. The topological polar surface area (TPSA) is 30.5 Å². The molecule has 0 spiro atoms. The summed E-state index contributed by atoms with van der Waals surface area (Å²) >= 11 is 5.97. The smallest absolute Gasteiger partial charge is 0.165 e. The predicted molar refractivity (Wildman–Crippen MR) is 87.7 cm³/mol. The summed E-state index contributed by atoms with van der Waals surface area (Å²) in [4.78, 5) is 0. The number of nitrogens with one attached hydrogen (secondary N) is 1. The van der Waals surface area contributed by atoms with Gasteiger partial charge in [0.1, 0.15) is 0 Å². The van der Waals surface area contributed by atoms with Crippen molar-refractivity contribution in [3.8, 4) is 11.5 Å². The number of benzene rings is 2. The first-order valence-corrected chi connectivity index (χ1v) is 7.32. The molecule has 21 heavy (non-hydrogen) atoms. The fraction of sp³-hybridized carbons (Fsp3) is 0.294. The zero-order valence-corrected chi connectivity index (χ0v) is 13.3. The maximum Gasteiger partial charge on any atom is 0.165 e. The second-order valence-corrected chi connectivity index (χ2v) is 5.13. The summed E-state index contributed by atoms with van der Waals surface area (Å²) in [5, 5.41) is 4.15. The predicted octanol–water partition coefficient (Wildman–Crippen LogP) is 4.67. The van der Waals surface area contributed by atoms with Crippen molar-refractivity contribution in [2.24, 2.45) is 0 Å². The quantitative estimate of drug-likeness (QED) is 0.841. The minimum absolute atomic E-state index is 0.615. The highest BCUT2D eigenvalue weighted by molar-refractivity contribution is 6.30. The van der Waals surface area contributed by atoms with Crippen LogP contribution in [0.5, 0.6) is 11.5 Å². The zero-order chi connectivity index (χ0) is 15.2. The van der Waals surface area contributed by atoms with E-state index in [1.165, 1.54) is 0 Å². The Morgan fingerprint density at radius 1 is 1.19 bits per heavy atom. The third-order valence-corrected chi connectivity index (χ3v) is 3.46. The van der Waals surface area contributed by atoms with Crippen LogP contribution in [0.15, 0.2) is 36.4 Å². The van der Waals surface area contributed by atoms with Gasteiger partial charge in [-0.3, -0.25) is 0 Å². The maximum absolute atomic E-state index is 5.97. The van der Waals surface area contributed by atoms with E-state index in [-0.39, 0.29) is 0 Å². The zero-order valence-electron chi connectivity index (χ0n) is 12.6. The Kier molecular flexibility index (Phi) is 5.34. The van der Waals surface area contributed by atoms with Crippen molar-refractivity contribution < 1.29 is 9.47 Å². The number of hydrogen-bond acceptors (Lipinski definition) is 3. The average molecular weight is 306 g/mol. The molecule has 0 saturated carbocycles. The molecule has 0 aliphatic rings. The summed E-state index contributed by atoms with van der Waals surface area (Å²) in [5.74, 6) is 1.55. The molecule has 2 aromatic rings. The van der Waals surface area contributed by atoms with E-state index in [0.717, 1.165) is 33.3 Å². The number of para-hydroxylation sites is 1. The van der Waals surface area contributed by atoms with E-state index in [2.05, 4.69) is 5.32 Å². The van der Waals surface area contributed by atoms with Crippen LogP contribution in [0.3, 0.4) is 0 Å². The molecule has 3 nitrogen and oxygen atoms in total. The normalized spacial score (nSPS) is 10.3. The van der Waals surface area contributed by atoms with Crippen LogP contribution in [0, 0.1) is 6.92 Å². The number of anilines is 1. The molecule has 0 aromatic heterocycles. The Hall–Kier alpha value is -1.87.